The summed E-state index contributed by atoms with van der Waals surface area (Å²) in [6, 6.07) is 0. The van der Waals surface area contributed by atoms with E-state index in [4.69, 9.17) is 0 Å². The lowest BCUT2D eigenvalue weighted by Gasteiger charge is -2.30. The maximum atomic E-state index is 2.62. The van der Waals surface area contributed by atoms with Crippen LogP contribution in [0, 0.1) is 0 Å². The summed E-state index contributed by atoms with van der Waals surface area (Å²) in [6.45, 7) is 11.8. The van der Waals surface area contributed by atoms with E-state index in [1.165, 1.54) is 0 Å². The lowest BCUT2D eigenvalue weighted by atomic mass is 10.2. The Kier molecular flexibility index (Phi) is 2.56. The largest absolute Gasteiger partial charge is 0.124 e. The fraction of sp³-hybridized carbons (Fsp3) is 1.00. The third-order valence-electron chi connectivity index (χ3n) is 1.78. The summed E-state index contributed by atoms with van der Waals surface area (Å²) in [5, 5.41) is 0.563. The zero-order chi connectivity index (χ0) is 7.00. The monoisotopic (exact) mass is 242 g/mol. The molecule has 0 aromatic heterocycles. The summed E-state index contributed by atoms with van der Waals surface area (Å²) in [4.78, 5) is 0. The van der Waals surface area contributed by atoms with Gasteiger partial charge in [0.2, 0.25) is 0 Å². The van der Waals surface area contributed by atoms with Crippen LogP contribution in [-0.4, -0.2) is 5.57 Å². The summed E-state index contributed by atoms with van der Waals surface area (Å²) in [5.74, 6) is 0. The van der Waals surface area contributed by atoms with E-state index in [0.717, 1.165) is 0 Å². The summed E-state index contributed by atoms with van der Waals surface area (Å²) >= 11 is 2.62. The predicted octanol–water partition coefficient (Wildman–Crippen LogP) is 3.43. The Bertz CT molecular complexity index is 63.5. The van der Waals surface area contributed by atoms with Gasteiger partial charge in [-0.2, -0.15) is 0 Å². The molecule has 0 unspecified atom stereocenters. The van der Waals surface area contributed by atoms with Crippen molar-refractivity contribution in [3.63, 3.8) is 0 Å². The topological polar surface area (TPSA) is 0 Å². The Hall–Kier alpha value is 0.947. The van der Waals surface area contributed by atoms with Gasteiger partial charge >= 0.3 is 0 Å². The van der Waals surface area contributed by atoms with Crippen molar-refractivity contribution in [1.29, 1.82) is 0 Å². The molecule has 0 bridgehead atoms. The van der Waals surface area contributed by atoms with E-state index >= 15 is 0 Å². The van der Waals surface area contributed by atoms with Crippen molar-refractivity contribution in [1.82, 2.24) is 0 Å². The van der Waals surface area contributed by atoms with Crippen molar-refractivity contribution in [3.05, 3.63) is 0 Å². The Morgan fingerprint density at radius 3 is 1.25 bits per heavy atom. The maximum absolute atomic E-state index is 2.62. The van der Waals surface area contributed by atoms with Gasteiger partial charge in [-0.25, -0.2) is 0 Å². The van der Waals surface area contributed by atoms with E-state index in [1.807, 2.05) is 0 Å². The van der Waals surface area contributed by atoms with Gasteiger partial charge < -0.3 is 0 Å². The second-order valence-electron chi connectivity index (χ2n) is 3.72. The van der Waals surface area contributed by atoms with Crippen LogP contribution in [0.4, 0.5) is 0 Å². The normalized spacial score (nSPS) is 14.2. The highest BCUT2D eigenvalue weighted by atomic mass is 127. The summed E-state index contributed by atoms with van der Waals surface area (Å²) < 4.78 is 0. The second kappa shape index (κ2) is 2.29. The Morgan fingerprint density at radius 2 is 1.25 bits per heavy atom. The molecule has 8 heavy (non-hydrogen) atoms. The van der Waals surface area contributed by atoms with Crippen LogP contribution in [0.25, 0.3) is 0 Å². The maximum Gasteiger partial charge on any atom is 0.124 e. The first-order chi connectivity index (χ1) is 3.25. The molecule has 2 heteroatoms. The van der Waals surface area contributed by atoms with E-state index in [2.05, 4.69) is 55.7 Å². The van der Waals surface area contributed by atoms with Gasteiger partial charge in [-0.05, 0) is 5.04 Å². The Morgan fingerprint density at radius 1 is 1.12 bits per heavy atom. The van der Waals surface area contributed by atoms with Crippen molar-refractivity contribution in [2.24, 2.45) is 0 Å². The average molecular weight is 242 g/mol. The van der Waals surface area contributed by atoms with Crippen molar-refractivity contribution in [3.8, 4) is 0 Å². The minimum absolute atomic E-state index is 0.563. The van der Waals surface area contributed by atoms with Gasteiger partial charge in [0.1, 0.15) is 5.57 Å². The molecule has 0 fully saturated rings. The zero-order valence-electron chi connectivity index (χ0n) is 6.38. The summed E-state index contributed by atoms with van der Waals surface area (Å²) in [6.07, 6.45) is 0. The molecule has 0 heterocycles. The van der Waals surface area contributed by atoms with Crippen molar-refractivity contribution >= 4 is 27.4 Å². The van der Waals surface area contributed by atoms with Gasteiger partial charge in [-0.3, -0.25) is 0 Å². The van der Waals surface area contributed by atoms with Crippen LogP contribution < -0.4 is 0 Å². The molecule has 0 N–H and O–H groups in total. The quantitative estimate of drug-likeness (QED) is 0.347. The molecule has 0 aliphatic carbocycles. The van der Waals surface area contributed by atoms with Crippen LogP contribution in [0.3, 0.4) is 0 Å². The second-order valence-corrected chi connectivity index (χ2v) is 16.3. The fourth-order valence-electron chi connectivity index (χ4n) is 0. The molecule has 0 radical (unpaired) electrons. The lowest BCUT2D eigenvalue weighted by molar-refractivity contribution is 0.739. The smallest absolute Gasteiger partial charge is 0.119 e. The molecule has 0 spiro atoms. The van der Waals surface area contributed by atoms with Gasteiger partial charge in [0, 0.05) is 0 Å². The van der Waals surface area contributed by atoms with Crippen molar-refractivity contribution < 1.29 is 0 Å². The molecule has 0 nitrogen and oxygen atoms in total. The number of halogens is 1. The zero-order valence-corrected chi connectivity index (χ0v) is 9.54. The molecular weight excluding hydrogens is 227 g/mol. The summed E-state index contributed by atoms with van der Waals surface area (Å²) in [7, 11) is 0. The van der Waals surface area contributed by atoms with E-state index in [0.29, 0.717) is 5.04 Å². The fourth-order valence-corrected chi connectivity index (χ4v) is 0. The van der Waals surface area contributed by atoms with Gasteiger partial charge in [-0.15, -0.1) is 21.8 Å². The molecule has 50 valence electrons. The minimum atomic E-state index is -0.889. The van der Waals surface area contributed by atoms with Gasteiger partial charge in [-0.1, -0.05) is 33.9 Å². The first kappa shape index (κ1) is 8.95. The minimum Gasteiger partial charge on any atom is -0.119 e. The van der Waals surface area contributed by atoms with Gasteiger partial charge in [0.25, 0.3) is 0 Å². The van der Waals surface area contributed by atoms with Gasteiger partial charge in [0.15, 0.2) is 0 Å². The standard InChI is InChI=1S/C6H15ISi/c1-6(2,3)8(4,5)7/h1-5H3. The van der Waals surface area contributed by atoms with Crippen LogP contribution in [0.1, 0.15) is 20.8 Å². The Balaban J connectivity index is 4.02. The lowest BCUT2D eigenvalue weighted by Crippen LogP contribution is -2.28. The molecule has 0 aromatic carbocycles. The molecule has 0 amide bonds. The highest BCUT2D eigenvalue weighted by molar-refractivity contribution is 14.1. The first-order valence-corrected chi connectivity index (χ1v) is 9.05. The molecule has 0 aromatic rings. The molecule has 0 aliphatic rings. The van der Waals surface area contributed by atoms with E-state index in [-0.39, 0.29) is 0 Å². The van der Waals surface area contributed by atoms with Gasteiger partial charge in [0.05, 0.1) is 0 Å². The van der Waals surface area contributed by atoms with Crippen LogP contribution in [0.15, 0.2) is 0 Å². The average Bonchev–Trinajstić information content (AvgIpc) is 1.25. The van der Waals surface area contributed by atoms with Crippen molar-refractivity contribution in [2.45, 2.75) is 38.9 Å². The van der Waals surface area contributed by atoms with Crippen LogP contribution in [-0.2, 0) is 0 Å². The van der Waals surface area contributed by atoms with Crippen LogP contribution >= 0.6 is 21.8 Å². The van der Waals surface area contributed by atoms with E-state index in [1.54, 1.807) is 0 Å². The summed E-state index contributed by atoms with van der Waals surface area (Å²) in [5.41, 5.74) is -0.889. The third-order valence-corrected chi connectivity index (χ3v) is 10.2. The molecule has 0 saturated carbocycles. The highest BCUT2D eigenvalue weighted by Gasteiger charge is 2.31. The third kappa shape index (κ3) is 2.48. The SMILES string of the molecule is CC(C)(C)[Si](C)(C)I. The molecule has 0 saturated heterocycles. The molecule has 0 rings (SSSR count). The molecule has 0 atom stereocenters. The van der Waals surface area contributed by atoms with Crippen LogP contribution in [0.5, 0.6) is 0 Å². The predicted molar refractivity (Wildman–Crippen MR) is 51.2 cm³/mol. The van der Waals surface area contributed by atoms with Crippen molar-refractivity contribution in [2.75, 3.05) is 0 Å². The number of rotatable bonds is 0. The first-order valence-electron chi connectivity index (χ1n) is 2.94. The number of hydrogen-bond acceptors (Lipinski definition) is 0. The molecular formula is C6H15ISi. The van der Waals surface area contributed by atoms with Crippen LogP contribution in [0.2, 0.25) is 18.1 Å². The highest BCUT2D eigenvalue weighted by Crippen LogP contribution is 2.39. The van der Waals surface area contributed by atoms with E-state index in [9.17, 15) is 0 Å². The van der Waals surface area contributed by atoms with E-state index < -0.39 is 5.57 Å². The molecule has 0 aliphatic heterocycles. The number of hydrogen-bond donors (Lipinski definition) is 0. The Labute approximate surface area is 66.3 Å².